The van der Waals surface area contributed by atoms with E-state index in [0.29, 0.717) is 5.82 Å². The highest BCUT2D eigenvalue weighted by Crippen LogP contribution is 2.29. The number of nitrogens with two attached hydrogens (primary N) is 1. The smallest absolute Gasteiger partial charge is 0.124 e. The fourth-order valence-corrected chi connectivity index (χ4v) is 2.63. The van der Waals surface area contributed by atoms with Gasteiger partial charge in [-0.1, -0.05) is 23.9 Å². The molecule has 0 bridgehead atoms. The maximum absolute atomic E-state index is 5.57. The van der Waals surface area contributed by atoms with Gasteiger partial charge < -0.3 is 5.73 Å². The molecule has 0 radical (unpaired) electrons. The number of nitrogen functional groups attached to an aromatic ring is 1. The molecule has 13 heavy (non-hydrogen) atoms. The first kappa shape index (κ1) is 8.59. The second-order valence-corrected chi connectivity index (χ2v) is 4.70. The van der Waals surface area contributed by atoms with E-state index in [9.17, 15) is 0 Å². The van der Waals surface area contributed by atoms with Crippen LogP contribution in [0.5, 0.6) is 0 Å². The third kappa shape index (κ3) is 2.23. The molecule has 0 spiro atoms. The van der Waals surface area contributed by atoms with Gasteiger partial charge in [-0.3, -0.25) is 0 Å². The number of pyridine rings is 1. The SMILES string of the molecule is Nc1cccc(Sc2cccs2)n1. The van der Waals surface area contributed by atoms with Crippen molar-refractivity contribution < 1.29 is 0 Å². The first-order chi connectivity index (χ1) is 6.34. The number of anilines is 1. The summed E-state index contributed by atoms with van der Waals surface area (Å²) in [6, 6.07) is 9.76. The molecular weight excluding hydrogens is 200 g/mol. The number of nitrogens with zero attached hydrogens (tertiary/aromatic N) is 1. The highest BCUT2D eigenvalue weighted by atomic mass is 32.2. The van der Waals surface area contributed by atoms with Crippen molar-refractivity contribution in [1.29, 1.82) is 0 Å². The molecule has 0 aromatic carbocycles. The van der Waals surface area contributed by atoms with Crippen molar-refractivity contribution in [3.05, 3.63) is 35.7 Å². The van der Waals surface area contributed by atoms with Gasteiger partial charge in [0.1, 0.15) is 10.8 Å². The fourth-order valence-electron chi connectivity index (χ4n) is 0.912. The van der Waals surface area contributed by atoms with Gasteiger partial charge in [-0.15, -0.1) is 11.3 Å². The van der Waals surface area contributed by atoms with E-state index >= 15 is 0 Å². The topological polar surface area (TPSA) is 38.9 Å². The average Bonchev–Trinajstić information content (AvgIpc) is 2.57. The third-order valence-electron chi connectivity index (χ3n) is 1.45. The predicted octanol–water partition coefficient (Wildman–Crippen LogP) is 2.88. The van der Waals surface area contributed by atoms with E-state index in [0.717, 1.165) is 5.03 Å². The van der Waals surface area contributed by atoms with Crippen molar-refractivity contribution in [1.82, 2.24) is 4.98 Å². The lowest BCUT2D eigenvalue weighted by atomic mass is 10.5. The monoisotopic (exact) mass is 208 g/mol. The lowest BCUT2D eigenvalue weighted by molar-refractivity contribution is 1.15. The van der Waals surface area contributed by atoms with Gasteiger partial charge in [0.25, 0.3) is 0 Å². The summed E-state index contributed by atoms with van der Waals surface area (Å²) in [4.78, 5) is 4.20. The summed E-state index contributed by atoms with van der Waals surface area (Å²) in [6.45, 7) is 0. The average molecular weight is 208 g/mol. The number of hydrogen-bond acceptors (Lipinski definition) is 4. The van der Waals surface area contributed by atoms with Crippen LogP contribution in [0.15, 0.2) is 44.9 Å². The Kier molecular flexibility index (Phi) is 2.52. The van der Waals surface area contributed by atoms with E-state index in [1.807, 2.05) is 18.2 Å². The first-order valence-corrected chi connectivity index (χ1v) is 5.48. The van der Waals surface area contributed by atoms with Crippen molar-refractivity contribution in [2.24, 2.45) is 0 Å². The standard InChI is InChI=1S/C9H8N2S2/c10-7-3-1-4-8(11-7)13-9-5-2-6-12-9/h1-6H,(H2,10,11). The minimum Gasteiger partial charge on any atom is -0.384 e. The molecule has 2 nitrogen and oxygen atoms in total. The third-order valence-corrected chi connectivity index (χ3v) is 3.42. The molecule has 0 atom stereocenters. The molecule has 66 valence electrons. The number of hydrogen-bond donors (Lipinski definition) is 1. The molecule has 0 saturated heterocycles. The summed E-state index contributed by atoms with van der Waals surface area (Å²) in [6.07, 6.45) is 0. The fraction of sp³-hybridized carbons (Fsp3) is 0. The Morgan fingerprint density at radius 1 is 1.23 bits per heavy atom. The Morgan fingerprint density at radius 3 is 2.85 bits per heavy atom. The van der Waals surface area contributed by atoms with E-state index in [-0.39, 0.29) is 0 Å². The van der Waals surface area contributed by atoms with Gasteiger partial charge in [-0.2, -0.15) is 0 Å². The van der Waals surface area contributed by atoms with Crippen LogP contribution < -0.4 is 5.73 Å². The van der Waals surface area contributed by atoms with Crippen LogP contribution >= 0.6 is 23.1 Å². The highest BCUT2D eigenvalue weighted by molar-refractivity contribution is 8.01. The van der Waals surface area contributed by atoms with Gasteiger partial charge in [0.05, 0.1) is 4.21 Å². The van der Waals surface area contributed by atoms with E-state index in [2.05, 4.69) is 16.4 Å². The molecule has 0 fully saturated rings. The molecule has 2 rings (SSSR count). The minimum atomic E-state index is 0.571. The Hall–Kier alpha value is -1.00. The summed E-state index contributed by atoms with van der Waals surface area (Å²) in [5.41, 5.74) is 5.57. The van der Waals surface area contributed by atoms with E-state index in [1.54, 1.807) is 29.2 Å². The molecule has 4 heteroatoms. The first-order valence-electron chi connectivity index (χ1n) is 3.78. The number of aromatic nitrogens is 1. The van der Waals surface area contributed by atoms with Crippen molar-refractivity contribution in [3.8, 4) is 0 Å². The Morgan fingerprint density at radius 2 is 2.15 bits per heavy atom. The second kappa shape index (κ2) is 3.81. The highest BCUT2D eigenvalue weighted by Gasteiger charge is 1.98. The van der Waals surface area contributed by atoms with E-state index in [4.69, 9.17) is 5.73 Å². The largest absolute Gasteiger partial charge is 0.384 e. The van der Waals surface area contributed by atoms with Gasteiger partial charge in [-0.05, 0) is 23.6 Å². The van der Waals surface area contributed by atoms with Crippen LogP contribution in [0.25, 0.3) is 0 Å². The van der Waals surface area contributed by atoms with Crippen molar-refractivity contribution in [2.75, 3.05) is 5.73 Å². The predicted molar refractivity (Wildman–Crippen MR) is 57.1 cm³/mol. The van der Waals surface area contributed by atoms with Gasteiger partial charge in [0.2, 0.25) is 0 Å². The molecule has 2 aromatic heterocycles. The van der Waals surface area contributed by atoms with Crippen molar-refractivity contribution in [2.45, 2.75) is 9.24 Å². The molecule has 0 aliphatic heterocycles. The molecule has 2 heterocycles. The summed E-state index contributed by atoms with van der Waals surface area (Å²) in [7, 11) is 0. The van der Waals surface area contributed by atoms with Crippen LogP contribution in [0.4, 0.5) is 5.82 Å². The molecule has 0 saturated carbocycles. The van der Waals surface area contributed by atoms with Crippen LogP contribution in [0.2, 0.25) is 0 Å². The summed E-state index contributed by atoms with van der Waals surface area (Å²) in [5, 5.41) is 3.00. The maximum atomic E-state index is 5.57. The van der Waals surface area contributed by atoms with E-state index in [1.165, 1.54) is 4.21 Å². The zero-order valence-electron chi connectivity index (χ0n) is 6.81. The lowest BCUT2D eigenvalue weighted by Gasteiger charge is -1.97. The summed E-state index contributed by atoms with van der Waals surface area (Å²) in [5.74, 6) is 0.571. The van der Waals surface area contributed by atoms with Crippen LogP contribution in [0.1, 0.15) is 0 Å². The van der Waals surface area contributed by atoms with Crippen LogP contribution in [0, 0.1) is 0 Å². The van der Waals surface area contributed by atoms with Crippen LogP contribution in [-0.2, 0) is 0 Å². The van der Waals surface area contributed by atoms with Crippen molar-refractivity contribution in [3.63, 3.8) is 0 Å². The summed E-state index contributed by atoms with van der Waals surface area (Å²) < 4.78 is 1.23. The molecule has 0 aliphatic carbocycles. The molecule has 2 aromatic rings. The Bertz CT molecular complexity index is 384. The molecular formula is C9H8N2S2. The number of thiophene rings is 1. The maximum Gasteiger partial charge on any atom is 0.124 e. The molecule has 0 amide bonds. The molecule has 0 aliphatic rings. The van der Waals surface area contributed by atoms with Gasteiger partial charge in [0.15, 0.2) is 0 Å². The van der Waals surface area contributed by atoms with Gasteiger partial charge in [-0.25, -0.2) is 4.98 Å². The van der Waals surface area contributed by atoms with Crippen LogP contribution in [0.3, 0.4) is 0 Å². The Labute approximate surface area is 84.8 Å². The zero-order valence-corrected chi connectivity index (χ0v) is 8.44. The van der Waals surface area contributed by atoms with Gasteiger partial charge in [0, 0.05) is 0 Å². The van der Waals surface area contributed by atoms with Gasteiger partial charge >= 0.3 is 0 Å². The summed E-state index contributed by atoms with van der Waals surface area (Å²) >= 11 is 3.34. The van der Waals surface area contributed by atoms with E-state index < -0.39 is 0 Å². The second-order valence-electron chi connectivity index (χ2n) is 2.43. The Balaban J connectivity index is 2.19. The zero-order chi connectivity index (χ0) is 9.10. The quantitative estimate of drug-likeness (QED) is 0.824. The lowest BCUT2D eigenvalue weighted by Crippen LogP contribution is -1.89. The number of rotatable bonds is 2. The molecule has 2 N–H and O–H groups in total. The molecule has 0 unspecified atom stereocenters. The van der Waals surface area contributed by atoms with Crippen molar-refractivity contribution >= 4 is 28.9 Å². The minimum absolute atomic E-state index is 0.571. The van der Waals surface area contributed by atoms with Crippen LogP contribution in [-0.4, -0.2) is 4.98 Å². The normalized spacial score (nSPS) is 10.2.